The van der Waals surface area contributed by atoms with Crippen molar-refractivity contribution in [3.63, 3.8) is 0 Å². The van der Waals surface area contributed by atoms with E-state index in [1.165, 1.54) is 0 Å². The molecule has 1 aromatic rings. The minimum atomic E-state index is -0.367. The number of ether oxygens (including phenoxy) is 2. The molecule has 19 heavy (non-hydrogen) atoms. The van der Waals surface area contributed by atoms with Crippen LogP contribution in [0.1, 0.15) is 23.7 Å². The molecule has 0 unspecified atom stereocenters. The zero-order valence-corrected chi connectivity index (χ0v) is 11.8. The van der Waals surface area contributed by atoms with Crippen molar-refractivity contribution in [2.75, 3.05) is 39.6 Å². The van der Waals surface area contributed by atoms with Crippen LogP contribution in [-0.2, 0) is 4.74 Å². The number of nitrogen functional groups attached to an aromatic ring is 1. The minimum absolute atomic E-state index is 0.349. The summed E-state index contributed by atoms with van der Waals surface area (Å²) in [6, 6.07) is 4.95. The number of nitrogens with two attached hydrogens (primary N) is 1. The van der Waals surface area contributed by atoms with Gasteiger partial charge in [-0.1, -0.05) is 0 Å². The van der Waals surface area contributed by atoms with E-state index in [2.05, 4.69) is 4.90 Å². The van der Waals surface area contributed by atoms with Crippen LogP contribution in [0.25, 0.3) is 0 Å². The van der Waals surface area contributed by atoms with Gasteiger partial charge in [0.25, 0.3) is 0 Å². The lowest BCUT2D eigenvalue weighted by atomic mass is 10.2. The molecular formula is C14H22N2O3. The van der Waals surface area contributed by atoms with Crippen LogP contribution in [0.2, 0.25) is 0 Å². The van der Waals surface area contributed by atoms with Gasteiger partial charge < -0.3 is 20.1 Å². The first-order chi connectivity index (χ1) is 9.04. The normalized spacial score (nSPS) is 10.5. The molecule has 0 aromatic heterocycles. The number of nitrogens with zero attached hydrogens (tertiary/aromatic N) is 1. The summed E-state index contributed by atoms with van der Waals surface area (Å²) in [5.74, 6) is 0.236. The lowest BCUT2D eigenvalue weighted by Gasteiger charge is -2.12. The van der Waals surface area contributed by atoms with E-state index >= 15 is 0 Å². The molecule has 5 heteroatoms. The van der Waals surface area contributed by atoms with Crippen LogP contribution < -0.4 is 10.5 Å². The third kappa shape index (κ3) is 5.18. The van der Waals surface area contributed by atoms with Crippen molar-refractivity contribution in [3.05, 3.63) is 23.8 Å². The highest BCUT2D eigenvalue weighted by Gasteiger charge is 2.09. The van der Waals surface area contributed by atoms with Crippen LogP contribution in [0, 0.1) is 0 Å². The Hall–Kier alpha value is -1.75. The van der Waals surface area contributed by atoms with Crippen LogP contribution in [0.15, 0.2) is 18.2 Å². The summed E-state index contributed by atoms with van der Waals surface area (Å²) in [5.41, 5.74) is 6.75. The quantitative estimate of drug-likeness (QED) is 0.463. The third-order valence-electron chi connectivity index (χ3n) is 2.53. The molecule has 5 nitrogen and oxygen atoms in total. The first-order valence-corrected chi connectivity index (χ1v) is 6.38. The molecule has 1 aromatic carbocycles. The maximum absolute atomic E-state index is 11.5. The number of carbonyl (C=O) groups is 1. The average Bonchev–Trinajstić information content (AvgIpc) is 2.36. The van der Waals surface area contributed by atoms with Crippen molar-refractivity contribution >= 4 is 11.7 Å². The number of anilines is 1. The monoisotopic (exact) mass is 266 g/mol. The van der Waals surface area contributed by atoms with Gasteiger partial charge in [0.05, 0.1) is 24.5 Å². The Bertz CT molecular complexity index is 419. The lowest BCUT2D eigenvalue weighted by molar-refractivity contribution is 0.0526. The second-order valence-corrected chi connectivity index (χ2v) is 4.48. The second kappa shape index (κ2) is 7.63. The summed E-state index contributed by atoms with van der Waals surface area (Å²) in [4.78, 5) is 13.6. The summed E-state index contributed by atoms with van der Waals surface area (Å²) in [6.07, 6.45) is 0.923. The molecule has 0 aliphatic rings. The summed E-state index contributed by atoms with van der Waals surface area (Å²) < 4.78 is 10.5. The predicted octanol–water partition coefficient (Wildman–Crippen LogP) is 1.78. The van der Waals surface area contributed by atoms with E-state index in [9.17, 15) is 4.79 Å². The average molecular weight is 266 g/mol. The van der Waals surface area contributed by atoms with E-state index in [1.54, 1.807) is 25.1 Å². The maximum atomic E-state index is 11.5. The fraction of sp³-hybridized carbons (Fsp3) is 0.500. The van der Waals surface area contributed by atoms with Gasteiger partial charge in [-0.05, 0) is 45.6 Å². The largest absolute Gasteiger partial charge is 0.491 e. The molecule has 106 valence electrons. The van der Waals surface area contributed by atoms with E-state index < -0.39 is 0 Å². The molecule has 1 rings (SSSR count). The standard InChI is InChI=1S/C14H22N2O3/c1-4-18-14(17)11-6-7-13(12(15)10-11)19-9-5-8-16(2)3/h6-7,10H,4-5,8-9,15H2,1-3H3. The number of esters is 1. The van der Waals surface area contributed by atoms with Gasteiger partial charge in [-0.15, -0.1) is 0 Å². The molecule has 0 fully saturated rings. The van der Waals surface area contributed by atoms with Crippen molar-refractivity contribution in [2.24, 2.45) is 0 Å². The summed E-state index contributed by atoms with van der Waals surface area (Å²) in [7, 11) is 4.03. The summed E-state index contributed by atoms with van der Waals surface area (Å²) in [5, 5.41) is 0. The predicted molar refractivity (Wildman–Crippen MR) is 75.5 cm³/mol. The Balaban J connectivity index is 2.55. The molecular weight excluding hydrogens is 244 g/mol. The maximum Gasteiger partial charge on any atom is 0.338 e. The van der Waals surface area contributed by atoms with Crippen molar-refractivity contribution in [1.29, 1.82) is 0 Å². The van der Waals surface area contributed by atoms with Gasteiger partial charge in [-0.3, -0.25) is 0 Å². The zero-order chi connectivity index (χ0) is 14.3. The number of hydrogen-bond acceptors (Lipinski definition) is 5. The molecule has 0 amide bonds. The fourth-order valence-corrected chi connectivity index (χ4v) is 1.58. The topological polar surface area (TPSA) is 64.8 Å². The van der Waals surface area contributed by atoms with Crippen LogP contribution in [0.3, 0.4) is 0 Å². The molecule has 0 saturated carbocycles. The Kier molecular flexibility index (Phi) is 6.15. The fourth-order valence-electron chi connectivity index (χ4n) is 1.58. The van der Waals surface area contributed by atoms with Gasteiger partial charge in [-0.25, -0.2) is 4.79 Å². The highest BCUT2D eigenvalue weighted by molar-refractivity contribution is 5.91. The molecule has 2 N–H and O–H groups in total. The minimum Gasteiger partial charge on any atom is -0.491 e. The van der Waals surface area contributed by atoms with Gasteiger partial charge in [0.2, 0.25) is 0 Å². The molecule has 0 bridgehead atoms. The van der Waals surface area contributed by atoms with Crippen LogP contribution in [0.5, 0.6) is 5.75 Å². The van der Waals surface area contributed by atoms with Crippen LogP contribution >= 0.6 is 0 Å². The number of carbonyl (C=O) groups excluding carboxylic acids is 1. The first-order valence-electron chi connectivity index (χ1n) is 6.38. The number of rotatable bonds is 7. The Labute approximate surface area is 114 Å². The third-order valence-corrected chi connectivity index (χ3v) is 2.53. The number of benzene rings is 1. The second-order valence-electron chi connectivity index (χ2n) is 4.48. The Morgan fingerprint density at radius 2 is 2.11 bits per heavy atom. The zero-order valence-electron chi connectivity index (χ0n) is 11.8. The lowest BCUT2D eigenvalue weighted by Crippen LogP contribution is -2.15. The van der Waals surface area contributed by atoms with Gasteiger partial charge in [0.15, 0.2) is 0 Å². The number of hydrogen-bond donors (Lipinski definition) is 1. The highest BCUT2D eigenvalue weighted by atomic mass is 16.5. The van der Waals surface area contributed by atoms with Gasteiger partial charge in [0.1, 0.15) is 5.75 Å². The SMILES string of the molecule is CCOC(=O)c1ccc(OCCCN(C)C)c(N)c1. The Morgan fingerprint density at radius 3 is 2.68 bits per heavy atom. The van der Waals surface area contributed by atoms with Gasteiger partial charge >= 0.3 is 5.97 Å². The van der Waals surface area contributed by atoms with Crippen molar-refractivity contribution in [3.8, 4) is 5.75 Å². The van der Waals surface area contributed by atoms with E-state index in [4.69, 9.17) is 15.2 Å². The van der Waals surface area contributed by atoms with Gasteiger partial charge in [-0.2, -0.15) is 0 Å². The first kappa shape index (κ1) is 15.3. The molecule has 0 aliphatic heterocycles. The summed E-state index contributed by atoms with van der Waals surface area (Å²) in [6.45, 7) is 3.67. The van der Waals surface area contributed by atoms with Crippen LogP contribution in [-0.4, -0.2) is 44.7 Å². The summed E-state index contributed by atoms with van der Waals surface area (Å²) >= 11 is 0. The van der Waals surface area contributed by atoms with Crippen molar-refractivity contribution in [2.45, 2.75) is 13.3 Å². The van der Waals surface area contributed by atoms with E-state index in [0.29, 0.717) is 30.2 Å². The molecule has 0 radical (unpaired) electrons. The molecule has 0 aliphatic carbocycles. The van der Waals surface area contributed by atoms with E-state index in [1.807, 2.05) is 14.1 Å². The van der Waals surface area contributed by atoms with Crippen molar-refractivity contribution in [1.82, 2.24) is 4.90 Å². The van der Waals surface area contributed by atoms with Crippen molar-refractivity contribution < 1.29 is 14.3 Å². The molecule has 0 saturated heterocycles. The molecule has 0 atom stereocenters. The van der Waals surface area contributed by atoms with E-state index in [-0.39, 0.29) is 5.97 Å². The Morgan fingerprint density at radius 1 is 1.37 bits per heavy atom. The van der Waals surface area contributed by atoms with Crippen LogP contribution in [0.4, 0.5) is 5.69 Å². The molecule has 0 heterocycles. The van der Waals surface area contributed by atoms with Gasteiger partial charge in [0, 0.05) is 6.54 Å². The van der Waals surface area contributed by atoms with E-state index in [0.717, 1.165) is 13.0 Å². The molecule has 0 spiro atoms. The smallest absolute Gasteiger partial charge is 0.338 e. The highest BCUT2D eigenvalue weighted by Crippen LogP contribution is 2.23.